The first-order valence-electron chi connectivity index (χ1n) is 5.62. The van der Waals surface area contributed by atoms with Crippen molar-refractivity contribution in [3.05, 3.63) is 47.5 Å². The Morgan fingerprint density at radius 3 is 2.88 bits per heavy atom. The van der Waals surface area contributed by atoms with E-state index in [9.17, 15) is 4.79 Å². The van der Waals surface area contributed by atoms with Gasteiger partial charge >= 0.3 is 0 Å². The van der Waals surface area contributed by atoms with Crippen molar-refractivity contribution in [2.24, 2.45) is 0 Å². The molecule has 0 saturated heterocycles. The third kappa shape index (κ3) is 6.17. The zero-order valence-electron chi connectivity index (χ0n) is 10.5. The van der Waals surface area contributed by atoms with Crippen LogP contribution in [-0.2, 0) is 10.5 Å². The third-order valence-electron chi connectivity index (χ3n) is 2.17. The number of nitrogens with one attached hydrogen (secondary N) is 1. The molecule has 3 heteroatoms. The average molecular weight is 249 g/mol. The largest absolute Gasteiger partial charge is 0.352 e. The molecule has 1 rings (SSSR count). The maximum Gasteiger partial charge on any atom is 0.230 e. The Kier molecular flexibility index (Phi) is 5.84. The van der Waals surface area contributed by atoms with Gasteiger partial charge in [0.25, 0.3) is 0 Å². The monoisotopic (exact) mass is 249 g/mol. The van der Waals surface area contributed by atoms with E-state index < -0.39 is 0 Å². The summed E-state index contributed by atoms with van der Waals surface area (Å²) in [5.41, 5.74) is 3.50. The topological polar surface area (TPSA) is 29.1 Å². The van der Waals surface area contributed by atoms with E-state index in [1.807, 2.05) is 13.0 Å². The van der Waals surface area contributed by atoms with Gasteiger partial charge in [0.05, 0.1) is 5.75 Å². The van der Waals surface area contributed by atoms with Gasteiger partial charge in [0.2, 0.25) is 5.91 Å². The lowest BCUT2D eigenvalue weighted by molar-refractivity contribution is -0.118. The molecule has 0 aliphatic carbocycles. The fourth-order valence-corrected chi connectivity index (χ4v) is 2.17. The van der Waals surface area contributed by atoms with E-state index in [1.54, 1.807) is 11.8 Å². The number of benzene rings is 1. The Bertz CT molecular complexity index is 401. The molecule has 2 nitrogen and oxygen atoms in total. The van der Waals surface area contributed by atoms with Gasteiger partial charge < -0.3 is 5.32 Å². The van der Waals surface area contributed by atoms with E-state index >= 15 is 0 Å². The summed E-state index contributed by atoms with van der Waals surface area (Å²) in [6.45, 7) is 8.30. The Balaban J connectivity index is 2.23. The predicted molar refractivity (Wildman–Crippen MR) is 75.2 cm³/mol. The summed E-state index contributed by atoms with van der Waals surface area (Å²) in [5, 5.41) is 2.82. The van der Waals surface area contributed by atoms with Crippen molar-refractivity contribution in [1.29, 1.82) is 0 Å². The van der Waals surface area contributed by atoms with Gasteiger partial charge in [-0.2, -0.15) is 0 Å². The minimum absolute atomic E-state index is 0.0747. The summed E-state index contributed by atoms with van der Waals surface area (Å²) in [5.74, 6) is 1.45. The molecule has 0 radical (unpaired) electrons. The number of amides is 1. The van der Waals surface area contributed by atoms with Crippen molar-refractivity contribution in [2.75, 3.05) is 12.3 Å². The van der Waals surface area contributed by atoms with E-state index in [0.29, 0.717) is 12.3 Å². The van der Waals surface area contributed by atoms with Gasteiger partial charge in [0, 0.05) is 12.3 Å². The van der Waals surface area contributed by atoms with Crippen LogP contribution < -0.4 is 5.32 Å². The van der Waals surface area contributed by atoms with Crippen LogP contribution in [0.1, 0.15) is 18.1 Å². The molecule has 0 atom stereocenters. The zero-order valence-corrected chi connectivity index (χ0v) is 11.3. The Hall–Kier alpha value is -1.22. The molecule has 1 aromatic rings. The number of hydrogen-bond donors (Lipinski definition) is 1. The number of thioether (sulfide) groups is 1. The average Bonchev–Trinajstić information content (AvgIpc) is 2.26. The van der Waals surface area contributed by atoms with E-state index in [2.05, 4.69) is 37.0 Å². The van der Waals surface area contributed by atoms with Gasteiger partial charge in [-0.25, -0.2) is 0 Å². The molecular weight excluding hydrogens is 230 g/mol. The molecule has 0 spiro atoms. The van der Waals surface area contributed by atoms with Gasteiger partial charge in [0.1, 0.15) is 0 Å². The fourth-order valence-electron chi connectivity index (χ4n) is 1.36. The standard InChI is InChI=1S/C14H19NOS/c1-11(2)8-15-14(16)10-17-9-13-6-4-5-12(3)7-13/h4-7H,1,8-10H2,2-3H3,(H,15,16). The number of hydrogen-bond acceptors (Lipinski definition) is 2. The van der Waals surface area contributed by atoms with E-state index in [0.717, 1.165) is 11.3 Å². The molecule has 0 aliphatic rings. The maximum absolute atomic E-state index is 11.4. The molecule has 0 aliphatic heterocycles. The quantitative estimate of drug-likeness (QED) is 0.785. The van der Waals surface area contributed by atoms with Gasteiger partial charge in [-0.15, -0.1) is 11.8 Å². The minimum Gasteiger partial charge on any atom is -0.352 e. The number of rotatable bonds is 6. The zero-order chi connectivity index (χ0) is 12.7. The summed E-state index contributed by atoms with van der Waals surface area (Å²) in [6.07, 6.45) is 0. The highest BCUT2D eigenvalue weighted by atomic mass is 32.2. The lowest BCUT2D eigenvalue weighted by Gasteiger charge is -2.05. The van der Waals surface area contributed by atoms with Gasteiger partial charge in [-0.05, 0) is 19.4 Å². The van der Waals surface area contributed by atoms with Crippen LogP contribution in [0, 0.1) is 6.92 Å². The summed E-state index contributed by atoms with van der Waals surface area (Å²) in [7, 11) is 0. The van der Waals surface area contributed by atoms with Crippen molar-refractivity contribution in [3.63, 3.8) is 0 Å². The fraction of sp³-hybridized carbons (Fsp3) is 0.357. The third-order valence-corrected chi connectivity index (χ3v) is 3.18. The van der Waals surface area contributed by atoms with Gasteiger partial charge in [-0.3, -0.25) is 4.79 Å². The van der Waals surface area contributed by atoms with Crippen molar-refractivity contribution in [2.45, 2.75) is 19.6 Å². The van der Waals surface area contributed by atoms with Crippen LogP contribution in [0.4, 0.5) is 0 Å². The van der Waals surface area contributed by atoms with Crippen LogP contribution in [0.2, 0.25) is 0 Å². The molecule has 0 aromatic heterocycles. The van der Waals surface area contributed by atoms with E-state index in [1.165, 1.54) is 11.1 Å². The number of aryl methyl sites for hydroxylation is 1. The molecule has 1 N–H and O–H groups in total. The highest BCUT2D eigenvalue weighted by Gasteiger charge is 2.01. The summed E-state index contributed by atoms with van der Waals surface area (Å²) >= 11 is 1.63. The Morgan fingerprint density at radius 1 is 1.47 bits per heavy atom. The second-order valence-electron chi connectivity index (χ2n) is 4.22. The smallest absolute Gasteiger partial charge is 0.230 e. The van der Waals surface area contributed by atoms with Crippen LogP contribution in [-0.4, -0.2) is 18.2 Å². The Morgan fingerprint density at radius 2 is 2.24 bits per heavy atom. The summed E-state index contributed by atoms with van der Waals surface area (Å²) in [4.78, 5) is 11.4. The van der Waals surface area contributed by atoms with Crippen LogP contribution in [0.25, 0.3) is 0 Å². The number of carbonyl (C=O) groups is 1. The molecule has 0 bridgehead atoms. The molecular formula is C14H19NOS. The van der Waals surface area contributed by atoms with Crippen molar-refractivity contribution < 1.29 is 4.79 Å². The van der Waals surface area contributed by atoms with Crippen molar-refractivity contribution >= 4 is 17.7 Å². The lowest BCUT2D eigenvalue weighted by Crippen LogP contribution is -2.26. The first-order valence-corrected chi connectivity index (χ1v) is 6.78. The SMILES string of the molecule is C=C(C)CNC(=O)CSCc1cccc(C)c1. The van der Waals surface area contributed by atoms with Crippen LogP contribution in [0.15, 0.2) is 36.4 Å². The molecule has 17 heavy (non-hydrogen) atoms. The van der Waals surface area contributed by atoms with E-state index in [-0.39, 0.29) is 5.91 Å². The molecule has 1 aromatic carbocycles. The van der Waals surface area contributed by atoms with Crippen molar-refractivity contribution in [1.82, 2.24) is 5.32 Å². The van der Waals surface area contributed by atoms with E-state index in [4.69, 9.17) is 0 Å². The molecule has 92 valence electrons. The highest BCUT2D eigenvalue weighted by Crippen LogP contribution is 2.13. The van der Waals surface area contributed by atoms with Crippen LogP contribution in [0.3, 0.4) is 0 Å². The second-order valence-corrected chi connectivity index (χ2v) is 5.20. The van der Waals surface area contributed by atoms with Gasteiger partial charge in [0.15, 0.2) is 0 Å². The Labute approximate surface area is 107 Å². The normalized spacial score (nSPS) is 10.0. The number of carbonyl (C=O) groups excluding carboxylic acids is 1. The molecule has 0 heterocycles. The molecule has 0 fully saturated rings. The second kappa shape index (κ2) is 7.17. The summed E-state index contributed by atoms with van der Waals surface area (Å²) in [6, 6.07) is 8.37. The maximum atomic E-state index is 11.4. The molecule has 1 amide bonds. The predicted octanol–water partition coefficient (Wildman–Crippen LogP) is 2.92. The lowest BCUT2D eigenvalue weighted by atomic mass is 10.2. The summed E-state index contributed by atoms with van der Waals surface area (Å²) < 4.78 is 0. The van der Waals surface area contributed by atoms with Crippen LogP contribution in [0.5, 0.6) is 0 Å². The van der Waals surface area contributed by atoms with Gasteiger partial charge in [-0.1, -0.05) is 42.0 Å². The minimum atomic E-state index is 0.0747. The first kappa shape index (κ1) is 13.8. The van der Waals surface area contributed by atoms with Crippen molar-refractivity contribution in [3.8, 4) is 0 Å². The molecule has 0 saturated carbocycles. The molecule has 0 unspecified atom stereocenters. The van der Waals surface area contributed by atoms with Crippen LogP contribution >= 0.6 is 11.8 Å². The first-order chi connectivity index (χ1) is 8.08. The highest BCUT2D eigenvalue weighted by molar-refractivity contribution is 7.99.